The topological polar surface area (TPSA) is 150 Å². The van der Waals surface area contributed by atoms with Crippen LogP contribution in [0.15, 0.2) is 36.4 Å². The monoisotopic (exact) mass is 889 g/mol. The summed E-state index contributed by atoms with van der Waals surface area (Å²) >= 11 is 5.78. The molecule has 4 fully saturated rings. The van der Waals surface area contributed by atoms with E-state index >= 15 is 0 Å². The van der Waals surface area contributed by atoms with Crippen LogP contribution in [0.5, 0.6) is 0 Å². The summed E-state index contributed by atoms with van der Waals surface area (Å²) in [4.78, 5) is 43.8. The van der Waals surface area contributed by atoms with E-state index in [-0.39, 0.29) is 48.7 Å². The van der Waals surface area contributed by atoms with E-state index in [0.29, 0.717) is 60.6 Å². The van der Waals surface area contributed by atoms with E-state index in [1.165, 1.54) is 15.6 Å². The summed E-state index contributed by atoms with van der Waals surface area (Å²) in [6.07, 6.45) is -5.65. The number of nitriles is 1. The van der Waals surface area contributed by atoms with E-state index < -0.39 is 65.6 Å². The van der Waals surface area contributed by atoms with Crippen LogP contribution in [0.25, 0.3) is 10.9 Å². The SMILES string of the molecule is Cn1nc(C2CCC(=O)NC2=O)c2cccc(NC(=O)CN3CCN(CCCC4CCC(N5C(=S)N(c6ccc(C#N)c(C(F)(F)F)c6)C(O)C5(C)C)CC4)C[C@@H]3C(F)(F)F)c21. The number of carbonyl (C=O) groups is 3. The zero-order chi connectivity index (χ0) is 44.9. The van der Waals surface area contributed by atoms with Crippen molar-refractivity contribution in [3.8, 4) is 6.07 Å². The molecular formula is C42H49F6N9O4S. The number of hydrogen-bond donors (Lipinski definition) is 3. The molecule has 0 radical (unpaired) electrons. The first kappa shape index (κ1) is 45.2. The van der Waals surface area contributed by atoms with Crippen LogP contribution in [0, 0.1) is 17.2 Å². The molecule has 3 amide bonds. The van der Waals surface area contributed by atoms with Gasteiger partial charge in [0, 0.05) is 50.2 Å². The number of anilines is 2. The van der Waals surface area contributed by atoms with E-state index in [9.17, 15) is 51.1 Å². The van der Waals surface area contributed by atoms with Gasteiger partial charge in [0.25, 0.3) is 0 Å². The van der Waals surface area contributed by atoms with Gasteiger partial charge in [0.1, 0.15) is 6.04 Å². The summed E-state index contributed by atoms with van der Waals surface area (Å²) in [6, 6.07) is 7.94. The van der Waals surface area contributed by atoms with Crippen molar-refractivity contribution in [2.24, 2.45) is 13.0 Å². The number of aliphatic hydroxyl groups excluding tert-OH is 1. The fourth-order valence-corrected chi connectivity index (χ4v) is 10.3. The molecule has 20 heteroatoms. The number of aromatic nitrogens is 2. The third-order valence-corrected chi connectivity index (χ3v) is 13.3. The molecule has 1 aromatic heterocycles. The molecule has 3 atom stereocenters. The Kier molecular flexibility index (Phi) is 12.7. The number of rotatable bonds is 10. The summed E-state index contributed by atoms with van der Waals surface area (Å²) < 4.78 is 86.3. The second-order valence-electron chi connectivity index (χ2n) is 17.3. The van der Waals surface area contributed by atoms with Crippen molar-refractivity contribution < 1.29 is 45.8 Å². The van der Waals surface area contributed by atoms with Crippen LogP contribution in [0.4, 0.5) is 37.7 Å². The highest BCUT2D eigenvalue weighted by atomic mass is 32.1. The highest BCUT2D eigenvalue weighted by Gasteiger charge is 2.52. The Bertz CT molecular complexity index is 2270. The van der Waals surface area contributed by atoms with Crippen LogP contribution >= 0.6 is 12.2 Å². The predicted molar refractivity (Wildman–Crippen MR) is 220 cm³/mol. The molecule has 3 aliphatic heterocycles. The number of nitrogens with zero attached hydrogens (tertiary/aromatic N) is 7. The van der Waals surface area contributed by atoms with Gasteiger partial charge in [-0.25, -0.2) is 0 Å². The third kappa shape index (κ3) is 8.99. The number of fused-ring (bicyclic) bond motifs is 1. The number of halogens is 6. The quantitative estimate of drug-likeness (QED) is 0.125. The minimum absolute atomic E-state index is 0.0344. The van der Waals surface area contributed by atoms with Gasteiger partial charge in [-0.3, -0.25) is 34.2 Å². The first-order valence-corrected chi connectivity index (χ1v) is 21.1. The fraction of sp³-hybridized carbons (Fsp3) is 0.571. The minimum Gasteiger partial charge on any atom is -0.371 e. The van der Waals surface area contributed by atoms with E-state index in [2.05, 4.69) is 15.7 Å². The maximum atomic E-state index is 14.5. The largest absolute Gasteiger partial charge is 0.417 e. The zero-order valence-electron chi connectivity index (χ0n) is 34.5. The number of alkyl halides is 6. The van der Waals surface area contributed by atoms with Crippen molar-refractivity contribution in [1.29, 1.82) is 5.26 Å². The van der Waals surface area contributed by atoms with Crippen LogP contribution in [0.3, 0.4) is 0 Å². The Balaban J connectivity index is 0.909. The predicted octanol–water partition coefficient (Wildman–Crippen LogP) is 6.01. The number of thiocarbonyl (C=S) groups is 1. The molecule has 0 bridgehead atoms. The third-order valence-electron chi connectivity index (χ3n) is 12.9. The Morgan fingerprint density at radius 1 is 1.06 bits per heavy atom. The maximum absolute atomic E-state index is 14.5. The number of imide groups is 1. The summed E-state index contributed by atoms with van der Waals surface area (Å²) in [7, 11) is 1.64. The van der Waals surface area contributed by atoms with Crippen molar-refractivity contribution in [3.63, 3.8) is 0 Å². The first-order chi connectivity index (χ1) is 29.2. The molecule has 3 aromatic rings. The number of piperidine rings is 1. The average Bonchev–Trinajstić information content (AvgIpc) is 3.63. The number of benzene rings is 2. The molecular weight excluding hydrogens is 841 g/mol. The molecule has 13 nitrogen and oxygen atoms in total. The molecule has 4 heterocycles. The number of nitrogens with one attached hydrogen (secondary N) is 2. The van der Waals surface area contributed by atoms with Gasteiger partial charge in [-0.15, -0.1) is 0 Å². The summed E-state index contributed by atoms with van der Waals surface area (Å²) in [5.41, 5.74) is -1.23. The molecule has 3 saturated heterocycles. The molecule has 2 aromatic carbocycles. The first-order valence-electron chi connectivity index (χ1n) is 20.7. The van der Waals surface area contributed by atoms with Crippen molar-refractivity contribution in [2.45, 2.75) is 107 Å². The normalized spacial score (nSPS) is 25.3. The van der Waals surface area contributed by atoms with Crippen LogP contribution < -0.4 is 15.5 Å². The average molecular weight is 890 g/mol. The van der Waals surface area contributed by atoms with Gasteiger partial charge in [0.15, 0.2) is 11.3 Å². The van der Waals surface area contributed by atoms with Crippen molar-refractivity contribution in [1.82, 2.24) is 29.8 Å². The Morgan fingerprint density at radius 3 is 2.45 bits per heavy atom. The van der Waals surface area contributed by atoms with Gasteiger partial charge in [-0.1, -0.05) is 12.1 Å². The number of hydrogen-bond acceptors (Lipinski definition) is 9. The second-order valence-corrected chi connectivity index (χ2v) is 17.7. The molecule has 1 aliphatic carbocycles. The van der Waals surface area contributed by atoms with Gasteiger partial charge >= 0.3 is 12.4 Å². The number of para-hydroxylation sites is 1. The van der Waals surface area contributed by atoms with Gasteiger partial charge in [-0.05, 0) is 108 Å². The second kappa shape index (κ2) is 17.4. The smallest absolute Gasteiger partial charge is 0.371 e. The van der Waals surface area contributed by atoms with Gasteiger partial charge < -0.3 is 20.2 Å². The van der Waals surface area contributed by atoms with Crippen molar-refractivity contribution >= 4 is 57.3 Å². The molecule has 7 rings (SSSR count). The van der Waals surface area contributed by atoms with E-state index in [4.69, 9.17) is 12.2 Å². The van der Waals surface area contributed by atoms with Gasteiger partial charge in [0.05, 0.1) is 52.1 Å². The van der Waals surface area contributed by atoms with Gasteiger partial charge in [0.2, 0.25) is 17.7 Å². The van der Waals surface area contributed by atoms with Crippen LogP contribution in [0.2, 0.25) is 0 Å². The van der Waals surface area contributed by atoms with Crippen molar-refractivity contribution in [3.05, 3.63) is 53.2 Å². The lowest BCUT2D eigenvalue weighted by molar-refractivity contribution is -0.197. The Labute approximate surface area is 359 Å². The number of carbonyl (C=O) groups excluding carboxylic acids is 3. The number of amides is 3. The Hall–Kier alpha value is -4.84. The number of piperazine rings is 1. The standard InChI is InChI=1S/C42H49F6N9O4S/c1-40(2)38(61)56(27-14-11-25(21-49)30(20-27)41(43,44)45)39(62)57(40)26-12-9-24(10-13-26)6-5-17-54-18-19-55(32(22-54)42(46,47)48)23-34(59)50-31-8-4-7-28-35(52-53(3)36(28)31)29-15-16-33(58)51-37(29)60/h4,7-8,11,14,20,24,26,29,32,38,61H,5-6,9-10,12-13,15-19,22-23H2,1-3H3,(H,50,59)(H,51,58,60)/t24?,26?,29?,32-,38?/m1/s1. The number of aliphatic hydroxyl groups is 1. The molecule has 62 heavy (non-hydrogen) atoms. The maximum Gasteiger partial charge on any atom is 0.417 e. The molecule has 3 N–H and O–H groups in total. The molecule has 0 spiro atoms. The highest BCUT2D eigenvalue weighted by Crippen LogP contribution is 2.43. The van der Waals surface area contributed by atoms with E-state index in [1.54, 1.807) is 50.1 Å². The van der Waals surface area contributed by atoms with E-state index in [0.717, 1.165) is 36.3 Å². The Morgan fingerprint density at radius 2 is 1.79 bits per heavy atom. The minimum atomic E-state index is -4.78. The van der Waals surface area contributed by atoms with Gasteiger partial charge in [-0.2, -0.15) is 36.7 Å². The van der Waals surface area contributed by atoms with Crippen LogP contribution in [-0.4, -0.2) is 115 Å². The van der Waals surface area contributed by atoms with E-state index in [1.807, 2.05) is 4.90 Å². The summed E-state index contributed by atoms with van der Waals surface area (Å²) in [5.74, 6) is -1.79. The lowest BCUT2D eigenvalue weighted by Gasteiger charge is -2.43. The molecule has 334 valence electrons. The lowest BCUT2D eigenvalue weighted by Crippen LogP contribution is -2.60. The van der Waals surface area contributed by atoms with Crippen molar-refractivity contribution in [2.75, 3.05) is 42.9 Å². The lowest BCUT2D eigenvalue weighted by atomic mass is 9.81. The van der Waals surface area contributed by atoms with Crippen LogP contribution in [-0.2, 0) is 27.6 Å². The molecule has 2 unspecified atom stereocenters. The zero-order valence-corrected chi connectivity index (χ0v) is 35.3. The fourth-order valence-electron chi connectivity index (χ4n) is 9.73. The summed E-state index contributed by atoms with van der Waals surface area (Å²) in [6.45, 7) is 3.66. The molecule has 1 saturated carbocycles. The highest BCUT2D eigenvalue weighted by molar-refractivity contribution is 7.80. The molecule has 4 aliphatic rings. The summed E-state index contributed by atoms with van der Waals surface area (Å²) in [5, 5.41) is 31.0. The number of aryl methyl sites for hydroxylation is 1. The van der Waals surface area contributed by atoms with Crippen LogP contribution in [0.1, 0.15) is 88.0 Å².